The molecule has 3 aromatic rings. The van der Waals surface area contributed by atoms with Gasteiger partial charge in [0.05, 0.1) is 13.2 Å². The standard InChI is InChI=1S/C30H35NO4/c1-5-34-29(32)17-14-24-9-7-11-26(20-24)31(28-16-13-22(3)23(4)19-28)27-12-8-10-25(21-27)15-18-30(33)35-6-2/h7-13,16,19-21H,5-6,14-15,17-18H2,1-4H3. The van der Waals surface area contributed by atoms with Crippen molar-refractivity contribution in [1.82, 2.24) is 0 Å². The number of hydrogen-bond donors (Lipinski definition) is 0. The van der Waals surface area contributed by atoms with Gasteiger partial charge < -0.3 is 14.4 Å². The van der Waals surface area contributed by atoms with Crippen molar-refractivity contribution in [2.45, 2.75) is 53.4 Å². The molecule has 0 saturated heterocycles. The van der Waals surface area contributed by atoms with Crippen LogP contribution < -0.4 is 4.90 Å². The van der Waals surface area contributed by atoms with Crippen molar-refractivity contribution in [2.75, 3.05) is 18.1 Å². The quantitative estimate of drug-likeness (QED) is 0.288. The molecule has 0 bridgehead atoms. The van der Waals surface area contributed by atoms with Crippen molar-refractivity contribution < 1.29 is 19.1 Å². The van der Waals surface area contributed by atoms with Gasteiger partial charge in [-0.3, -0.25) is 9.59 Å². The fourth-order valence-electron chi connectivity index (χ4n) is 3.97. The van der Waals surface area contributed by atoms with Crippen LogP contribution in [0.5, 0.6) is 0 Å². The molecule has 0 aliphatic heterocycles. The maximum Gasteiger partial charge on any atom is 0.306 e. The summed E-state index contributed by atoms with van der Waals surface area (Å²) < 4.78 is 10.2. The van der Waals surface area contributed by atoms with Gasteiger partial charge in [-0.25, -0.2) is 0 Å². The number of benzene rings is 3. The van der Waals surface area contributed by atoms with E-state index in [2.05, 4.69) is 61.2 Å². The molecule has 5 nitrogen and oxygen atoms in total. The molecule has 0 fully saturated rings. The molecule has 0 saturated carbocycles. The molecule has 0 spiro atoms. The van der Waals surface area contributed by atoms with Crippen LogP contribution >= 0.6 is 0 Å². The third kappa shape index (κ3) is 7.44. The van der Waals surface area contributed by atoms with Crippen LogP contribution in [0.1, 0.15) is 48.9 Å². The maximum absolute atomic E-state index is 11.9. The first-order valence-corrected chi connectivity index (χ1v) is 12.3. The van der Waals surface area contributed by atoms with Crippen LogP contribution in [0.25, 0.3) is 0 Å². The second-order valence-corrected chi connectivity index (χ2v) is 8.55. The van der Waals surface area contributed by atoms with E-state index < -0.39 is 0 Å². The third-order valence-corrected chi connectivity index (χ3v) is 5.93. The van der Waals surface area contributed by atoms with Crippen molar-refractivity contribution in [3.63, 3.8) is 0 Å². The van der Waals surface area contributed by atoms with Crippen LogP contribution in [0.2, 0.25) is 0 Å². The van der Waals surface area contributed by atoms with Gasteiger partial charge in [-0.1, -0.05) is 30.3 Å². The minimum Gasteiger partial charge on any atom is -0.466 e. The third-order valence-electron chi connectivity index (χ3n) is 5.93. The lowest BCUT2D eigenvalue weighted by atomic mass is 10.0. The van der Waals surface area contributed by atoms with Crippen molar-refractivity contribution >= 4 is 29.0 Å². The summed E-state index contributed by atoms with van der Waals surface area (Å²) >= 11 is 0. The second-order valence-electron chi connectivity index (χ2n) is 8.55. The van der Waals surface area contributed by atoms with E-state index >= 15 is 0 Å². The highest BCUT2D eigenvalue weighted by Gasteiger charge is 2.15. The molecular weight excluding hydrogens is 438 g/mol. The molecule has 3 rings (SSSR count). The van der Waals surface area contributed by atoms with Gasteiger partial charge in [0.1, 0.15) is 0 Å². The average molecular weight is 474 g/mol. The Balaban J connectivity index is 1.95. The van der Waals surface area contributed by atoms with Crippen LogP contribution in [0.15, 0.2) is 66.7 Å². The largest absolute Gasteiger partial charge is 0.466 e. The van der Waals surface area contributed by atoms with E-state index in [0.717, 1.165) is 28.2 Å². The van der Waals surface area contributed by atoms with Gasteiger partial charge in [-0.15, -0.1) is 0 Å². The van der Waals surface area contributed by atoms with Gasteiger partial charge in [0.2, 0.25) is 0 Å². The van der Waals surface area contributed by atoms with Crippen molar-refractivity contribution in [3.05, 3.63) is 89.0 Å². The Morgan fingerprint density at radius 1 is 0.657 bits per heavy atom. The fourth-order valence-corrected chi connectivity index (χ4v) is 3.97. The Hall–Kier alpha value is -3.60. The monoisotopic (exact) mass is 473 g/mol. The van der Waals surface area contributed by atoms with Crippen LogP contribution in [-0.2, 0) is 31.9 Å². The van der Waals surface area contributed by atoms with E-state index in [1.54, 1.807) is 0 Å². The number of aryl methyl sites for hydroxylation is 4. The summed E-state index contributed by atoms with van der Waals surface area (Å²) in [6.45, 7) is 8.65. The predicted molar refractivity (Wildman–Crippen MR) is 141 cm³/mol. The van der Waals surface area contributed by atoms with Gasteiger partial charge in [0, 0.05) is 29.9 Å². The fraction of sp³-hybridized carbons (Fsp3) is 0.333. The normalized spacial score (nSPS) is 10.6. The Morgan fingerprint density at radius 3 is 1.60 bits per heavy atom. The summed E-state index contributed by atoms with van der Waals surface area (Å²) in [4.78, 5) is 26.0. The molecule has 5 heteroatoms. The zero-order chi connectivity index (χ0) is 25.2. The van der Waals surface area contributed by atoms with Gasteiger partial charge in [-0.2, -0.15) is 0 Å². The second kappa shape index (κ2) is 12.7. The molecule has 0 aliphatic rings. The molecule has 0 heterocycles. The molecular formula is C30H35NO4. The van der Waals surface area contributed by atoms with E-state index in [1.807, 2.05) is 38.1 Å². The summed E-state index contributed by atoms with van der Waals surface area (Å²) in [5.41, 5.74) is 7.67. The Bertz CT molecular complexity index is 1090. The van der Waals surface area contributed by atoms with Crippen LogP contribution in [0.3, 0.4) is 0 Å². The molecule has 0 N–H and O–H groups in total. The smallest absolute Gasteiger partial charge is 0.306 e. The van der Waals surface area contributed by atoms with E-state index in [1.165, 1.54) is 11.1 Å². The zero-order valence-electron chi connectivity index (χ0n) is 21.2. The lowest BCUT2D eigenvalue weighted by Crippen LogP contribution is -2.12. The van der Waals surface area contributed by atoms with E-state index in [4.69, 9.17) is 9.47 Å². The predicted octanol–water partition coefficient (Wildman–Crippen LogP) is 6.76. The highest BCUT2D eigenvalue weighted by atomic mass is 16.5. The summed E-state index contributed by atoms with van der Waals surface area (Å²) in [6.07, 6.45) is 1.94. The molecule has 3 aromatic carbocycles. The van der Waals surface area contributed by atoms with E-state index in [0.29, 0.717) is 38.9 Å². The molecule has 0 radical (unpaired) electrons. The average Bonchev–Trinajstić information content (AvgIpc) is 2.85. The summed E-state index contributed by atoms with van der Waals surface area (Å²) in [5, 5.41) is 0. The van der Waals surface area contributed by atoms with Crippen molar-refractivity contribution in [2.24, 2.45) is 0 Å². The van der Waals surface area contributed by atoms with Crippen LogP contribution in [0.4, 0.5) is 17.1 Å². The number of carbonyl (C=O) groups excluding carboxylic acids is 2. The Morgan fingerprint density at radius 2 is 1.14 bits per heavy atom. The molecule has 0 aromatic heterocycles. The summed E-state index contributed by atoms with van der Waals surface area (Å²) in [7, 11) is 0. The Kier molecular flexibility index (Phi) is 9.47. The maximum atomic E-state index is 11.9. The first kappa shape index (κ1) is 26.0. The summed E-state index contributed by atoms with van der Waals surface area (Å²) in [5.74, 6) is -0.364. The minimum absolute atomic E-state index is 0.182. The van der Waals surface area contributed by atoms with Crippen LogP contribution in [0, 0.1) is 13.8 Å². The highest BCUT2D eigenvalue weighted by Crippen LogP contribution is 2.36. The molecule has 0 amide bonds. The lowest BCUT2D eigenvalue weighted by Gasteiger charge is -2.27. The molecule has 35 heavy (non-hydrogen) atoms. The minimum atomic E-state index is -0.182. The highest BCUT2D eigenvalue weighted by molar-refractivity contribution is 5.78. The number of carbonyl (C=O) groups is 2. The van der Waals surface area contributed by atoms with E-state index in [-0.39, 0.29) is 11.9 Å². The first-order valence-electron chi connectivity index (χ1n) is 12.3. The van der Waals surface area contributed by atoms with Crippen molar-refractivity contribution in [3.8, 4) is 0 Å². The molecule has 0 atom stereocenters. The van der Waals surface area contributed by atoms with Gasteiger partial charge in [0.15, 0.2) is 0 Å². The number of hydrogen-bond acceptors (Lipinski definition) is 5. The van der Waals surface area contributed by atoms with Gasteiger partial charge >= 0.3 is 11.9 Å². The first-order chi connectivity index (χ1) is 16.9. The lowest BCUT2D eigenvalue weighted by molar-refractivity contribution is -0.144. The summed E-state index contributed by atoms with van der Waals surface area (Å²) in [6, 6.07) is 23.0. The Labute approximate surface area is 208 Å². The number of nitrogens with zero attached hydrogens (tertiary/aromatic N) is 1. The number of ether oxygens (including phenoxy) is 2. The van der Waals surface area contributed by atoms with Crippen molar-refractivity contribution in [1.29, 1.82) is 0 Å². The number of anilines is 3. The topological polar surface area (TPSA) is 55.8 Å². The number of rotatable bonds is 11. The van der Waals surface area contributed by atoms with Crippen LogP contribution in [-0.4, -0.2) is 25.2 Å². The molecule has 0 unspecified atom stereocenters. The van der Waals surface area contributed by atoms with Gasteiger partial charge in [0.25, 0.3) is 0 Å². The van der Waals surface area contributed by atoms with Gasteiger partial charge in [-0.05, 0) is 99.2 Å². The molecule has 0 aliphatic carbocycles. The zero-order valence-corrected chi connectivity index (χ0v) is 21.2. The number of esters is 2. The SMILES string of the molecule is CCOC(=O)CCc1cccc(N(c2cccc(CCC(=O)OCC)c2)c2ccc(C)c(C)c2)c1. The van der Waals surface area contributed by atoms with E-state index in [9.17, 15) is 9.59 Å². The molecule has 184 valence electrons.